The van der Waals surface area contributed by atoms with E-state index in [9.17, 15) is 8.42 Å². The van der Waals surface area contributed by atoms with Gasteiger partial charge in [0, 0.05) is 0 Å². The Hall–Kier alpha value is -1.85. The van der Waals surface area contributed by atoms with Crippen LogP contribution < -0.4 is 4.74 Å². The van der Waals surface area contributed by atoms with Gasteiger partial charge >= 0.3 is 0 Å². The van der Waals surface area contributed by atoms with Crippen LogP contribution in [-0.2, 0) is 16.5 Å². The molecular weight excluding hydrogens is 372 g/mol. The van der Waals surface area contributed by atoms with Crippen LogP contribution in [0.2, 0.25) is 0 Å². The van der Waals surface area contributed by atoms with E-state index in [1.165, 1.54) is 17.7 Å². The third kappa shape index (κ3) is 5.58. The van der Waals surface area contributed by atoms with Crippen LogP contribution in [0.3, 0.4) is 0 Å². The number of ether oxygens (including phenoxy) is 1. The van der Waals surface area contributed by atoms with Gasteiger partial charge in [-0.3, -0.25) is 4.55 Å². The molecule has 2 aromatic carbocycles. The fourth-order valence-electron chi connectivity index (χ4n) is 3.97. The maximum absolute atomic E-state index is 11.2. The summed E-state index contributed by atoms with van der Waals surface area (Å²) in [5.41, 5.74) is 2.45. The van der Waals surface area contributed by atoms with Gasteiger partial charge in [0.1, 0.15) is 5.75 Å². The second-order valence-corrected chi connectivity index (χ2v) is 9.40. The molecule has 3 rings (SSSR count). The largest absolute Gasteiger partial charge is 0.490 e. The molecule has 0 radical (unpaired) electrons. The first-order valence-corrected chi connectivity index (χ1v) is 11.6. The van der Waals surface area contributed by atoms with Crippen molar-refractivity contribution < 1.29 is 17.7 Å². The lowest BCUT2D eigenvalue weighted by Gasteiger charge is -2.30. The van der Waals surface area contributed by atoms with Crippen LogP contribution in [-0.4, -0.2) is 19.1 Å². The fraction of sp³-hybridized carbons (Fsp3) is 0.478. The molecule has 0 spiro atoms. The van der Waals surface area contributed by atoms with Gasteiger partial charge in [0.05, 0.1) is 11.0 Å². The van der Waals surface area contributed by atoms with Crippen molar-refractivity contribution in [3.63, 3.8) is 0 Å². The van der Waals surface area contributed by atoms with Crippen LogP contribution in [0.25, 0.3) is 0 Å². The van der Waals surface area contributed by atoms with E-state index in [1.807, 2.05) is 0 Å². The maximum atomic E-state index is 11.2. The zero-order valence-electron chi connectivity index (χ0n) is 16.7. The van der Waals surface area contributed by atoms with Crippen molar-refractivity contribution in [2.45, 2.75) is 69.3 Å². The molecule has 4 nitrogen and oxygen atoms in total. The van der Waals surface area contributed by atoms with E-state index in [4.69, 9.17) is 9.29 Å². The smallest absolute Gasteiger partial charge is 0.294 e. The molecule has 2 aromatic rings. The van der Waals surface area contributed by atoms with Gasteiger partial charge in [-0.05, 0) is 85.8 Å². The lowest BCUT2D eigenvalue weighted by Crippen LogP contribution is -2.26. The van der Waals surface area contributed by atoms with Crippen LogP contribution >= 0.6 is 0 Å². The highest BCUT2D eigenvalue weighted by molar-refractivity contribution is 7.85. The van der Waals surface area contributed by atoms with Crippen molar-refractivity contribution in [2.75, 3.05) is 0 Å². The van der Waals surface area contributed by atoms with Gasteiger partial charge in [-0.15, -0.1) is 0 Å². The van der Waals surface area contributed by atoms with Crippen molar-refractivity contribution in [1.29, 1.82) is 0 Å². The van der Waals surface area contributed by atoms with E-state index < -0.39 is 10.1 Å². The zero-order valence-corrected chi connectivity index (χ0v) is 17.5. The average Bonchev–Trinajstić information content (AvgIpc) is 2.68. The van der Waals surface area contributed by atoms with Crippen LogP contribution in [0.5, 0.6) is 5.75 Å². The van der Waals surface area contributed by atoms with Crippen LogP contribution in [0.1, 0.15) is 63.0 Å². The van der Waals surface area contributed by atoms with Gasteiger partial charge in [-0.1, -0.05) is 38.1 Å². The Labute approximate surface area is 168 Å². The van der Waals surface area contributed by atoms with Gasteiger partial charge in [0.25, 0.3) is 10.1 Å². The van der Waals surface area contributed by atoms with E-state index in [0.29, 0.717) is 11.8 Å². The summed E-state index contributed by atoms with van der Waals surface area (Å²) in [5, 5.41) is 0. The molecule has 1 aliphatic carbocycles. The standard InChI is InChI=1S/C23H30O4S/c1-3-17(2)20-9-11-21(12-10-20)27-22-6-4-5-19(16-22)15-18-7-13-23(14-8-18)28(24,25)26/h7-14,17,19,22H,3-6,15-16H2,1-2H3,(H,24,25,26). The van der Waals surface area contributed by atoms with E-state index in [1.54, 1.807) is 12.1 Å². The Morgan fingerprint density at radius 1 is 1.07 bits per heavy atom. The third-order valence-corrected chi connectivity index (χ3v) is 6.71. The molecule has 3 atom stereocenters. The van der Waals surface area contributed by atoms with Crippen LogP contribution in [0.15, 0.2) is 53.4 Å². The fourth-order valence-corrected chi connectivity index (χ4v) is 4.45. The minimum absolute atomic E-state index is 0.0538. The van der Waals surface area contributed by atoms with Crippen molar-refractivity contribution >= 4 is 10.1 Å². The summed E-state index contributed by atoms with van der Waals surface area (Å²) in [6.07, 6.45) is 6.65. The molecule has 0 amide bonds. The van der Waals surface area contributed by atoms with Crippen molar-refractivity contribution in [2.24, 2.45) is 5.92 Å². The topological polar surface area (TPSA) is 63.6 Å². The number of benzene rings is 2. The van der Waals surface area contributed by atoms with Crippen molar-refractivity contribution in [3.05, 3.63) is 59.7 Å². The molecule has 0 aromatic heterocycles. The lowest BCUT2D eigenvalue weighted by molar-refractivity contribution is 0.123. The van der Waals surface area contributed by atoms with Crippen LogP contribution in [0, 0.1) is 5.92 Å². The Bertz CT molecular complexity index is 856. The lowest BCUT2D eigenvalue weighted by atomic mass is 9.83. The SMILES string of the molecule is CCC(C)c1ccc(OC2CCCC(Cc3ccc(S(=O)(=O)O)cc3)C2)cc1. The molecule has 0 heterocycles. The normalized spacial score (nSPS) is 21.2. The molecule has 0 saturated heterocycles. The number of rotatable bonds is 7. The molecular formula is C23H30O4S. The summed E-state index contributed by atoms with van der Waals surface area (Å²) in [4.78, 5) is -0.0538. The first kappa shape index (κ1) is 20.9. The Morgan fingerprint density at radius 2 is 1.75 bits per heavy atom. The van der Waals surface area contributed by atoms with E-state index in [-0.39, 0.29) is 11.0 Å². The monoisotopic (exact) mass is 402 g/mol. The minimum Gasteiger partial charge on any atom is -0.490 e. The van der Waals surface area contributed by atoms with Gasteiger partial charge in [0.15, 0.2) is 0 Å². The molecule has 1 fully saturated rings. The highest BCUT2D eigenvalue weighted by Crippen LogP contribution is 2.31. The Morgan fingerprint density at radius 3 is 2.36 bits per heavy atom. The molecule has 1 aliphatic rings. The second-order valence-electron chi connectivity index (χ2n) is 7.97. The second kappa shape index (κ2) is 9.10. The molecule has 5 heteroatoms. The summed E-state index contributed by atoms with van der Waals surface area (Å²) < 4.78 is 37.7. The van der Waals surface area contributed by atoms with Gasteiger partial charge in [-0.25, -0.2) is 0 Å². The highest BCUT2D eigenvalue weighted by atomic mass is 32.2. The zero-order chi connectivity index (χ0) is 20.1. The molecule has 1 saturated carbocycles. The number of hydrogen-bond donors (Lipinski definition) is 1. The molecule has 0 aliphatic heterocycles. The summed E-state index contributed by atoms with van der Waals surface area (Å²) in [5.74, 6) is 2.03. The summed E-state index contributed by atoms with van der Waals surface area (Å²) in [7, 11) is -4.13. The highest BCUT2D eigenvalue weighted by Gasteiger charge is 2.24. The molecule has 1 N–H and O–H groups in total. The first-order valence-electron chi connectivity index (χ1n) is 10.2. The molecule has 152 valence electrons. The Balaban J connectivity index is 1.56. The van der Waals surface area contributed by atoms with Gasteiger partial charge < -0.3 is 4.74 Å². The summed E-state index contributed by atoms with van der Waals surface area (Å²) in [6.45, 7) is 4.44. The maximum Gasteiger partial charge on any atom is 0.294 e. The summed E-state index contributed by atoms with van der Waals surface area (Å²) >= 11 is 0. The van der Waals surface area contributed by atoms with Crippen LogP contribution in [0.4, 0.5) is 0 Å². The van der Waals surface area contributed by atoms with E-state index in [0.717, 1.165) is 49.8 Å². The van der Waals surface area contributed by atoms with E-state index >= 15 is 0 Å². The molecule has 0 bridgehead atoms. The van der Waals surface area contributed by atoms with Crippen molar-refractivity contribution in [3.8, 4) is 5.75 Å². The Kier molecular flexibility index (Phi) is 6.78. The van der Waals surface area contributed by atoms with Gasteiger partial charge in [0.2, 0.25) is 0 Å². The van der Waals surface area contributed by atoms with Crippen molar-refractivity contribution in [1.82, 2.24) is 0 Å². The number of hydrogen-bond acceptors (Lipinski definition) is 3. The third-order valence-electron chi connectivity index (χ3n) is 5.84. The summed E-state index contributed by atoms with van der Waals surface area (Å²) in [6, 6.07) is 15.0. The molecule has 3 unspecified atom stereocenters. The predicted octanol–water partition coefficient (Wildman–Crippen LogP) is 5.63. The minimum atomic E-state index is -4.13. The first-order chi connectivity index (χ1) is 13.3. The predicted molar refractivity (Wildman–Crippen MR) is 111 cm³/mol. The quantitative estimate of drug-likeness (QED) is 0.610. The van der Waals surface area contributed by atoms with Gasteiger partial charge in [-0.2, -0.15) is 8.42 Å². The molecule has 28 heavy (non-hydrogen) atoms. The van der Waals surface area contributed by atoms with E-state index in [2.05, 4.69) is 38.1 Å². The average molecular weight is 403 g/mol.